The Balaban J connectivity index is 2.75. The second-order valence-corrected chi connectivity index (χ2v) is 4.51. The van der Waals surface area contributed by atoms with E-state index in [9.17, 15) is 4.79 Å². The maximum atomic E-state index is 11.0. The van der Waals surface area contributed by atoms with Gasteiger partial charge in [-0.2, -0.15) is 0 Å². The Morgan fingerprint density at radius 3 is 2.76 bits per heavy atom. The van der Waals surface area contributed by atoms with Crippen molar-refractivity contribution in [2.24, 2.45) is 5.92 Å². The van der Waals surface area contributed by atoms with E-state index in [1.54, 1.807) is 18.2 Å². The SMILES string of the molecule is CCCC(C)COc1cc(C)ccc1C(=O)O. The van der Waals surface area contributed by atoms with Gasteiger partial charge in [0.05, 0.1) is 6.61 Å². The summed E-state index contributed by atoms with van der Waals surface area (Å²) in [4.78, 5) is 11.0. The molecule has 0 aromatic heterocycles. The highest BCUT2D eigenvalue weighted by Crippen LogP contribution is 2.21. The molecule has 3 nitrogen and oxygen atoms in total. The zero-order valence-electron chi connectivity index (χ0n) is 10.7. The Bertz CT molecular complexity index is 385. The molecule has 17 heavy (non-hydrogen) atoms. The van der Waals surface area contributed by atoms with E-state index in [0.29, 0.717) is 18.3 Å². The summed E-state index contributed by atoms with van der Waals surface area (Å²) in [6.45, 7) is 6.73. The molecule has 0 aliphatic carbocycles. The largest absolute Gasteiger partial charge is 0.492 e. The minimum Gasteiger partial charge on any atom is -0.492 e. The van der Waals surface area contributed by atoms with Gasteiger partial charge in [0, 0.05) is 0 Å². The lowest BCUT2D eigenvalue weighted by atomic mass is 10.1. The van der Waals surface area contributed by atoms with Gasteiger partial charge in [-0.1, -0.05) is 26.3 Å². The normalized spacial score (nSPS) is 12.2. The fourth-order valence-corrected chi connectivity index (χ4v) is 1.73. The zero-order valence-corrected chi connectivity index (χ0v) is 10.7. The lowest BCUT2D eigenvalue weighted by molar-refractivity contribution is 0.0691. The van der Waals surface area contributed by atoms with Gasteiger partial charge in [-0.25, -0.2) is 4.79 Å². The van der Waals surface area contributed by atoms with E-state index in [1.807, 2.05) is 6.92 Å². The number of hydrogen-bond donors (Lipinski definition) is 1. The van der Waals surface area contributed by atoms with Crippen LogP contribution in [0, 0.1) is 12.8 Å². The molecule has 0 radical (unpaired) electrons. The van der Waals surface area contributed by atoms with E-state index < -0.39 is 5.97 Å². The van der Waals surface area contributed by atoms with E-state index in [1.165, 1.54) is 0 Å². The lowest BCUT2D eigenvalue weighted by Gasteiger charge is -2.14. The third-order valence-corrected chi connectivity index (χ3v) is 2.67. The Labute approximate surface area is 102 Å². The van der Waals surface area contributed by atoms with Crippen molar-refractivity contribution < 1.29 is 14.6 Å². The third kappa shape index (κ3) is 4.10. The highest BCUT2D eigenvalue weighted by atomic mass is 16.5. The van der Waals surface area contributed by atoms with Crippen LogP contribution in [0.1, 0.15) is 42.6 Å². The summed E-state index contributed by atoms with van der Waals surface area (Å²) in [6.07, 6.45) is 2.21. The molecule has 1 atom stereocenters. The number of aromatic carboxylic acids is 1. The van der Waals surface area contributed by atoms with Gasteiger partial charge in [0.15, 0.2) is 0 Å². The maximum Gasteiger partial charge on any atom is 0.339 e. The highest BCUT2D eigenvalue weighted by Gasteiger charge is 2.12. The van der Waals surface area contributed by atoms with E-state index in [0.717, 1.165) is 18.4 Å². The lowest BCUT2D eigenvalue weighted by Crippen LogP contribution is -2.11. The van der Waals surface area contributed by atoms with Crippen LogP contribution in [0.15, 0.2) is 18.2 Å². The van der Waals surface area contributed by atoms with Crippen molar-refractivity contribution in [3.05, 3.63) is 29.3 Å². The molecule has 3 heteroatoms. The first-order chi connectivity index (χ1) is 8.04. The Kier molecular flexibility index (Phi) is 5.01. The van der Waals surface area contributed by atoms with Gasteiger partial charge in [-0.05, 0) is 37.0 Å². The minimum atomic E-state index is -0.942. The molecule has 0 spiro atoms. The van der Waals surface area contributed by atoms with Crippen LogP contribution >= 0.6 is 0 Å². The van der Waals surface area contributed by atoms with Crippen molar-refractivity contribution >= 4 is 5.97 Å². The van der Waals surface area contributed by atoms with Crippen LogP contribution in [0.4, 0.5) is 0 Å². The fraction of sp³-hybridized carbons (Fsp3) is 0.500. The second kappa shape index (κ2) is 6.28. The smallest absolute Gasteiger partial charge is 0.339 e. The molecule has 1 unspecified atom stereocenters. The van der Waals surface area contributed by atoms with Crippen molar-refractivity contribution in [3.8, 4) is 5.75 Å². The Hall–Kier alpha value is -1.51. The van der Waals surface area contributed by atoms with Gasteiger partial charge < -0.3 is 9.84 Å². The molecule has 1 N–H and O–H groups in total. The molecule has 0 aliphatic rings. The average molecular weight is 236 g/mol. The van der Waals surface area contributed by atoms with Crippen molar-refractivity contribution in [1.29, 1.82) is 0 Å². The third-order valence-electron chi connectivity index (χ3n) is 2.67. The molecule has 0 aliphatic heterocycles. The first-order valence-corrected chi connectivity index (χ1v) is 6.01. The molecule has 1 rings (SSSR count). The van der Waals surface area contributed by atoms with Crippen LogP contribution in [0.5, 0.6) is 5.75 Å². The van der Waals surface area contributed by atoms with Gasteiger partial charge in [0.1, 0.15) is 11.3 Å². The fourth-order valence-electron chi connectivity index (χ4n) is 1.73. The first kappa shape index (κ1) is 13.6. The van der Waals surface area contributed by atoms with Gasteiger partial charge in [-0.15, -0.1) is 0 Å². The van der Waals surface area contributed by atoms with E-state index in [2.05, 4.69) is 13.8 Å². The van der Waals surface area contributed by atoms with Gasteiger partial charge in [-0.3, -0.25) is 0 Å². The van der Waals surface area contributed by atoms with Crippen molar-refractivity contribution in [3.63, 3.8) is 0 Å². The quantitative estimate of drug-likeness (QED) is 0.822. The summed E-state index contributed by atoms with van der Waals surface area (Å²) in [5.74, 6) is -0.0224. The predicted molar refractivity (Wildman–Crippen MR) is 67.7 cm³/mol. The Morgan fingerprint density at radius 1 is 1.47 bits per heavy atom. The molecule has 0 saturated heterocycles. The Morgan fingerprint density at radius 2 is 2.18 bits per heavy atom. The van der Waals surface area contributed by atoms with Crippen LogP contribution < -0.4 is 4.74 Å². The number of carbonyl (C=O) groups is 1. The summed E-state index contributed by atoms with van der Waals surface area (Å²) >= 11 is 0. The van der Waals surface area contributed by atoms with E-state index >= 15 is 0 Å². The van der Waals surface area contributed by atoms with Gasteiger partial charge in [0.2, 0.25) is 0 Å². The molecular weight excluding hydrogens is 216 g/mol. The first-order valence-electron chi connectivity index (χ1n) is 6.01. The molecule has 0 fully saturated rings. The van der Waals surface area contributed by atoms with E-state index in [4.69, 9.17) is 9.84 Å². The number of rotatable bonds is 6. The standard InChI is InChI=1S/C14H20O3/c1-4-5-11(3)9-17-13-8-10(2)6-7-12(13)14(15)16/h6-8,11H,4-5,9H2,1-3H3,(H,15,16). The van der Waals surface area contributed by atoms with Gasteiger partial charge >= 0.3 is 5.97 Å². The molecule has 0 amide bonds. The van der Waals surface area contributed by atoms with Crippen LogP contribution in [0.25, 0.3) is 0 Å². The molecule has 94 valence electrons. The average Bonchev–Trinajstić information content (AvgIpc) is 2.26. The molecule has 0 saturated carbocycles. The topological polar surface area (TPSA) is 46.5 Å². The summed E-state index contributed by atoms with van der Waals surface area (Å²) in [5, 5.41) is 9.05. The molecular formula is C14H20O3. The number of carboxylic acid groups (broad SMARTS) is 1. The van der Waals surface area contributed by atoms with Crippen molar-refractivity contribution in [1.82, 2.24) is 0 Å². The zero-order chi connectivity index (χ0) is 12.8. The molecule has 0 heterocycles. The van der Waals surface area contributed by atoms with E-state index in [-0.39, 0.29) is 5.56 Å². The highest BCUT2D eigenvalue weighted by molar-refractivity contribution is 5.90. The van der Waals surface area contributed by atoms with Crippen LogP contribution in [-0.4, -0.2) is 17.7 Å². The second-order valence-electron chi connectivity index (χ2n) is 4.51. The number of hydrogen-bond acceptors (Lipinski definition) is 2. The number of ether oxygens (including phenoxy) is 1. The molecule has 1 aromatic rings. The van der Waals surface area contributed by atoms with Crippen LogP contribution in [0.2, 0.25) is 0 Å². The molecule has 0 bridgehead atoms. The number of benzene rings is 1. The predicted octanol–water partition coefficient (Wildman–Crippen LogP) is 3.51. The van der Waals surface area contributed by atoms with Crippen LogP contribution in [0.3, 0.4) is 0 Å². The van der Waals surface area contributed by atoms with Crippen molar-refractivity contribution in [2.45, 2.75) is 33.6 Å². The van der Waals surface area contributed by atoms with Crippen molar-refractivity contribution in [2.75, 3.05) is 6.61 Å². The van der Waals surface area contributed by atoms with Gasteiger partial charge in [0.25, 0.3) is 0 Å². The summed E-state index contributed by atoms with van der Waals surface area (Å²) < 4.78 is 5.61. The maximum absolute atomic E-state index is 11.0. The monoisotopic (exact) mass is 236 g/mol. The summed E-state index contributed by atoms with van der Waals surface area (Å²) in [6, 6.07) is 5.16. The molecule has 1 aromatic carbocycles. The number of aryl methyl sites for hydroxylation is 1. The number of carboxylic acids is 1. The minimum absolute atomic E-state index is 0.235. The summed E-state index contributed by atoms with van der Waals surface area (Å²) in [5.41, 5.74) is 1.24. The summed E-state index contributed by atoms with van der Waals surface area (Å²) in [7, 11) is 0. The van der Waals surface area contributed by atoms with Crippen LogP contribution in [-0.2, 0) is 0 Å².